The third-order valence-electron chi connectivity index (χ3n) is 5.84. The Morgan fingerprint density at radius 2 is 2.03 bits per heavy atom. The summed E-state index contributed by atoms with van der Waals surface area (Å²) in [6.45, 7) is 5.17. The molecule has 1 aromatic carbocycles. The summed E-state index contributed by atoms with van der Waals surface area (Å²) in [5.41, 5.74) is 1.57. The molecule has 11 heteroatoms. The molecule has 1 unspecified atom stereocenters. The minimum Gasteiger partial charge on any atom is -0.375 e. The lowest BCUT2D eigenvalue weighted by molar-refractivity contribution is -0.111. The molecule has 4 heterocycles. The van der Waals surface area contributed by atoms with Crippen molar-refractivity contribution in [2.75, 3.05) is 31.1 Å². The second kappa shape index (κ2) is 9.58. The predicted octanol–water partition coefficient (Wildman–Crippen LogP) is 3.21. The highest BCUT2D eigenvalue weighted by atomic mass is 35.5. The number of aromatic nitrogens is 5. The molecule has 1 aliphatic rings. The van der Waals surface area contributed by atoms with Crippen molar-refractivity contribution in [3.05, 3.63) is 40.5 Å². The topological polar surface area (TPSA) is 89.3 Å². The molecule has 1 saturated heterocycles. The molecule has 0 spiro atoms. The molecule has 4 aromatic rings. The second-order valence-electron chi connectivity index (χ2n) is 7.88. The van der Waals surface area contributed by atoms with Gasteiger partial charge in [-0.25, -0.2) is 4.98 Å². The summed E-state index contributed by atoms with van der Waals surface area (Å²) in [6, 6.07) is 9.82. The van der Waals surface area contributed by atoms with Crippen LogP contribution in [0.3, 0.4) is 0 Å². The number of aldehydes is 1. The van der Waals surface area contributed by atoms with Crippen LogP contribution in [-0.4, -0.2) is 68.7 Å². The number of aryl methyl sites for hydroxylation is 1. The molecule has 0 radical (unpaired) electrons. The Morgan fingerprint density at radius 1 is 1.21 bits per heavy atom. The van der Waals surface area contributed by atoms with E-state index in [4.69, 9.17) is 16.4 Å². The monoisotopic (exact) mass is 485 g/mol. The highest BCUT2D eigenvalue weighted by molar-refractivity contribution is 7.18. The first kappa shape index (κ1) is 22.0. The molecule has 1 atom stereocenters. The van der Waals surface area contributed by atoms with E-state index in [9.17, 15) is 4.79 Å². The SMILES string of the molecule is CCc1cc2c(N3CCN(C(CCC=O)On4nnc5ccccc54)CC3)nc(Cl)nc2s1. The van der Waals surface area contributed by atoms with Crippen LogP contribution >= 0.6 is 22.9 Å². The number of rotatable bonds is 8. The van der Waals surface area contributed by atoms with Gasteiger partial charge in [-0.2, -0.15) is 4.98 Å². The molecule has 0 bridgehead atoms. The molecule has 0 N–H and O–H groups in total. The van der Waals surface area contributed by atoms with Gasteiger partial charge in [0.2, 0.25) is 5.28 Å². The van der Waals surface area contributed by atoms with Crippen LogP contribution in [0.5, 0.6) is 0 Å². The first-order valence-corrected chi connectivity index (χ1v) is 12.2. The Bertz CT molecular complexity index is 1270. The number of fused-ring (bicyclic) bond motifs is 2. The van der Waals surface area contributed by atoms with Gasteiger partial charge in [-0.05, 0) is 41.4 Å². The molecule has 3 aromatic heterocycles. The first-order valence-electron chi connectivity index (χ1n) is 11.0. The number of benzene rings is 1. The van der Waals surface area contributed by atoms with Gasteiger partial charge in [-0.1, -0.05) is 23.9 Å². The maximum absolute atomic E-state index is 11.1. The van der Waals surface area contributed by atoms with Gasteiger partial charge in [0.05, 0.1) is 5.39 Å². The van der Waals surface area contributed by atoms with E-state index in [1.807, 2.05) is 24.3 Å². The number of thiophene rings is 1. The number of carbonyl (C=O) groups is 1. The third kappa shape index (κ3) is 4.50. The minimum absolute atomic E-state index is 0.273. The van der Waals surface area contributed by atoms with E-state index in [0.717, 1.165) is 66.0 Å². The van der Waals surface area contributed by atoms with Crippen LogP contribution in [0.15, 0.2) is 30.3 Å². The number of para-hydroxylation sites is 1. The number of nitrogens with zero attached hydrogens (tertiary/aromatic N) is 7. The lowest BCUT2D eigenvalue weighted by Gasteiger charge is -2.39. The molecule has 1 aliphatic heterocycles. The highest BCUT2D eigenvalue weighted by Crippen LogP contribution is 2.33. The molecule has 0 saturated carbocycles. The van der Waals surface area contributed by atoms with E-state index in [1.54, 1.807) is 11.3 Å². The van der Waals surface area contributed by atoms with Crippen molar-refractivity contribution in [3.8, 4) is 0 Å². The lowest BCUT2D eigenvalue weighted by atomic mass is 10.2. The quantitative estimate of drug-likeness (QED) is 0.277. The van der Waals surface area contributed by atoms with Gasteiger partial charge in [0.15, 0.2) is 6.23 Å². The number of anilines is 1. The summed E-state index contributed by atoms with van der Waals surface area (Å²) in [6.07, 6.45) is 2.58. The van der Waals surface area contributed by atoms with E-state index in [-0.39, 0.29) is 11.5 Å². The summed E-state index contributed by atoms with van der Waals surface area (Å²) in [7, 11) is 0. The van der Waals surface area contributed by atoms with Crippen LogP contribution in [0.1, 0.15) is 24.6 Å². The van der Waals surface area contributed by atoms with Crippen molar-refractivity contribution in [1.82, 2.24) is 30.0 Å². The Hall–Kier alpha value is -2.82. The zero-order valence-electron chi connectivity index (χ0n) is 18.2. The first-order chi connectivity index (χ1) is 16.2. The summed E-state index contributed by atoms with van der Waals surface area (Å²) in [4.78, 5) is 34.4. The van der Waals surface area contributed by atoms with Gasteiger partial charge < -0.3 is 14.5 Å². The molecule has 9 nitrogen and oxygen atoms in total. The molecule has 0 amide bonds. The fraction of sp³-hybridized carbons (Fsp3) is 0.409. The van der Waals surface area contributed by atoms with Gasteiger partial charge in [0.25, 0.3) is 0 Å². The summed E-state index contributed by atoms with van der Waals surface area (Å²) >= 11 is 7.90. The maximum Gasteiger partial charge on any atom is 0.225 e. The van der Waals surface area contributed by atoms with Crippen LogP contribution in [0.25, 0.3) is 21.3 Å². The standard InChI is InChI=1S/C22H24ClN7O2S/c1-2-15-14-16-20(24-22(23)25-21(16)33-15)29-11-9-28(10-12-29)19(8-5-13-31)32-30-18-7-4-3-6-17(18)26-27-30/h3-4,6-7,13-14,19H,2,5,8-12H2,1H3. The van der Waals surface area contributed by atoms with Crippen molar-refractivity contribution in [3.63, 3.8) is 0 Å². The fourth-order valence-electron chi connectivity index (χ4n) is 4.12. The molecule has 0 aliphatic carbocycles. The van der Waals surface area contributed by atoms with Crippen LogP contribution in [0.4, 0.5) is 5.82 Å². The Balaban J connectivity index is 1.33. The number of piperazine rings is 1. The zero-order valence-corrected chi connectivity index (χ0v) is 19.8. The minimum atomic E-state index is -0.288. The average Bonchev–Trinajstić information content (AvgIpc) is 3.45. The van der Waals surface area contributed by atoms with Gasteiger partial charge >= 0.3 is 0 Å². The van der Waals surface area contributed by atoms with Crippen molar-refractivity contribution in [1.29, 1.82) is 0 Å². The summed E-state index contributed by atoms with van der Waals surface area (Å²) < 4.78 is 0. The number of hydrogen-bond acceptors (Lipinski definition) is 9. The normalized spacial score (nSPS) is 15.9. The molecule has 5 rings (SSSR count). The van der Waals surface area contributed by atoms with Crippen molar-refractivity contribution in [2.24, 2.45) is 0 Å². The Labute approximate surface area is 199 Å². The van der Waals surface area contributed by atoms with Gasteiger partial charge in [0.1, 0.15) is 28.0 Å². The number of carbonyl (C=O) groups excluding carboxylic acids is 1. The Kier molecular flexibility index (Phi) is 6.39. The van der Waals surface area contributed by atoms with E-state index < -0.39 is 0 Å². The largest absolute Gasteiger partial charge is 0.375 e. The summed E-state index contributed by atoms with van der Waals surface area (Å²) in [5.74, 6) is 0.883. The van der Waals surface area contributed by atoms with E-state index in [0.29, 0.717) is 12.8 Å². The van der Waals surface area contributed by atoms with Gasteiger partial charge in [-0.15, -0.1) is 16.4 Å². The number of halogens is 1. The third-order valence-corrected chi connectivity index (χ3v) is 7.18. The van der Waals surface area contributed by atoms with Crippen LogP contribution in [0.2, 0.25) is 5.28 Å². The van der Waals surface area contributed by atoms with Crippen LogP contribution < -0.4 is 9.74 Å². The lowest BCUT2D eigenvalue weighted by Crippen LogP contribution is -2.53. The molecular formula is C22H24ClN7O2S. The predicted molar refractivity (Wildman–Crippen MR) is 129 cm³/mol. The van der Waals surface area contributed by atoms with Crippen molar-refractivity contribution < 1.29 is 9.63 Å². The smallest absolute Gasteiger partial charge is 0.225 e. The molecular weight excluding hydrogens is 462 g/mol. The van der Waals surface area contributed by atoms with Crippen LogP contribution in [0, 0.1) is 0 Å². The second-order valence-corrected chi connectivity index (χ2v) is 9.33. The maximum atomic E-state index is 11.1. The van der Waals surface area contributed by atoms with Gasteiger partial charge in [0, 0.05) is 43.9 Å². The molecule has 1 fully saturated rings. The molecule has 33 heavy (non-hydrogen) atoms. The van der Waals surface area contributed by atoms with Crippen LogP contribution in [-0.2, 0) is 11.2 Å². The Morgan fingerprint density at radius 3 is 2.82 bits per heavy atom. The van der Waals surface area contributed by atoms with Gasteiger partial charge in [-0.3, -0.25) is 4.90 Å². The summed E-state index contributed by atoms with van der Waals surface area (Å²) in [5, 5.41) is 9.63. The fourth-order valence-corrected chi connectivity index (χ4v) is 5.30. The molecule has 172 valence electrons. The zero-order chi connectivity index (χ0) is 22.8. The van der Waals surface area contributed by atoms with E-state index in [1.165, 1.54) is 9.72 Å². The number of hydrogen-bond donors (Lipinski definition) is 0. The van der Waals surface area contributed by atoms with E-state index >= 15 is 0 Å². The van der Waals surface area contributed by atoms with Crippen molar-refractivity contribution >= 4 is 56.3 Å². The van der Waals surface area contributed by atoms with E-state index in [2.05, 4.69) is 43.1 Å². The highest BCUT2D eigenvalue weighted by Gasteiger charge is 2.28. The average molecular weight is 486 g/mol. The van der Waals surface area contributed by atoms with Crippen molar-refractivity contribution in [2.45, 2.75) is 32.4 Å².